The van der Waals surface area contributed by atoms with Crippen molar-refractivity contribution < 1.29 is 9.59 Å². The van der Waals surface area contributed by atoms with Crippen molar-refractivity contribution in [1.29, 1.82) is 0 Å². The second-order valence-corrected chi connectivity index (χ2v) is 5.39. The predicted molar refractivity (Wildman–Crippen MR) is 81.5 cm³/mol. The van der Waals surface area contributed by atoms with E-state index in [2.05, 4.69) is 10.3 Å². The van der Waals surface area contributed by atoms with E-state index in [0.717, 1.165) is 25.8 Å². The Hall–Kier alpha value is -2.11. The largest absolute Gasteiger partial charge is 0.384 e. The van der Waals surface area contributed by atoms with Crippen LogP contribution in [0.25, 0.3) is 0 Å². The molecule has 1 aliphatic rings. The molecule has 2 rings (SSSR count). The van der Waals surface area contributed by atoms with Crippen LogP contribution in [0.15, 0.2) is 18.3 Å². The molecule has 0 aliphatic carbocycles. The first-order valence-corrected chi connectivity index (χ1v) is 7.40. The van der Waals surface area contributed by atoms with Crippen LogP contribution in [0.2, 0.25) is 0 Å². The first kappa shape index (κ1) is 15.3. The molecule has 2 amide bonds. The highest BCUT2D eigenvalue weighted by molar-refractivity contribution is 5.93. The van der Waals surface area contributed by atoms with E-state index in [1.165, 1.54) is 6.20 Å². The number of hydrogen-bond donors (Lipinski definition) is 2. The Bertz CT molecular complexity index is 501. The van der Waals surface area contributed by atoms with E-state index in [-0.39, 0.29) is 17.7 Å². The van der Waals surface area contributed by atoms with E-state index in [1.807, 2.05) is 6.92 Å². The molecule has 0 spiro atoms. The van der Waals surface area contributed by atoms with Crippen molar-refractivity contribution >= 4 is 23.3 Å². The van der Waals surface area contributed by atoms with Crippen LogP contribution in [0.3, 0.4) is 0 Å². The van der Waals surface area contributed by atoms with Crippen LogP contribution in [-0.2, 0) is 9.59 Å². The number of pyridine rings is 1. The fourth-order valence-corrected chi connectivity index (χ4v) is 2.51. The van der Waals surface area contributed by atoms with Gasteiger partial charge >= 0.3 is 0 Å². The maximum atomic E-state index is 12.3. The Balaban J connectivity index is 1.92. The molecule has 6 heteroatoms. The van der Waals surface area contributed by atoms with Crippen LogP contribution < -0.4 is 11.1 Å². The predicted octanol–water partition coefficient (Wildman–Crippen LogP) is 1.64. The lowest BCUT2D eigenvalue weighted by molar-refractivity contribution is -0.134. The molecule has 0 bridgehead atoms. The third kappa shape index (κ3) is 4.18. The zero-order valence-corrected chi connectivity index (χ0v) is 12.3. The SMILES string of the molecule is CCCC(=O)N1CCCC(C(=O)Nc2ccc(N)nc2)C1. The standard InChI is InChI=1S/C15H22N4O2/c1-2-4-14(20)19-8-3-5-11(10-19)15(21)18-12-6-7-13(16)17-9-12/h6-7,9,11H,2-5,8,10H2,1H3,(H2,16,17)(H,18,21). The number of hydrogen-bond acceptors (Lipinski definition) is 4. The number of nitrogen functional groups attached to an aromatic ring is 1. The van der Waals surface area contributed by atoms with Crippen molar-refractivity contribution in [2.45, 2.75) is 32.6 Å². The molecule has 0 saturated carbocycles. The van der Waals surface area contributed by atoms with Gasteiger partial charge in [-0.05, 0) is 31.4 Å². The van der Waals surface area contributed by atoms with Gasteiger partial charge in [-0.25, -0.2) is 4.98 Å². The molecule has 1 unspecified atom stereocenters. The van der Waals surface area contributed by atoms with E-state index < -0.39 is 0 Å². The van der Waals surface area contributed by atoms with E-state index in [1.54, 1.807) is 17.0 Å². The van der Waals surface area contributed by atoms with Gasteiger partial charge in [-0.2, -0.15) is 0 Å². The summed E-state index contributed by atoms with van der Waals surface area (Å²) < 4.78 is 0. The molecule has 0 radical (unpaired) electrons. The Labute approximate surface area is 124 Å². The summed E-state index contributed by atoms with van der Waals surface area (Å²) in [6.07, 6.45) is 4.60. The van der Waals surface area contributed by atoms with Crippen LogP contribution in [0, 0.1) is 5.92 Å². The molecule has 6 nitrogen and oxygen atoms in total. The summed E-state index contributed by atoms with van der Waals surface area (Å²) >= 11 is 0. The number of likely N-dealkylation sites (tertiary alicyclic amines) is 1. The number of aromatic nitrogens is 1. The lowest BCUT2D eigenvalue weighted by Crippen LogP contribution is -2.43. The Morgan fingerprint density at radius 3 is 2.95 bits per heavy atom. The molecule has 1 aromatic heterocycles. The minimum absolute atomic E-state index is 0.0597. The van der Waals surface area contributed by atoms with Crippen molar-refractivity contribution in [3.05, 3.63) is 18.3 Å². The number of nitrogens with two attached hydrogens (primary N) is 1. The average Bonchev–Trinajstić information content (AvgIpc) is 2.50. The number of carbonyl (C=O) groups is 2. The molecular weight excluding hydrogens is 268 g/mol. The third-order valence-corrected chi connectivity index (χ3v) is 3.66. The minimum atomic E-state index is -0.155. The zero-order chi connectivity index (χ0) is 15.2. The summed E-state index contributed by atoms with van der Waals surface area (Å²) in [6.45, 7) is 3.25. The van der Waals surface area contributed by atoms with Crippen molar-refractivity contribution in [1.82, 2.24) is 9.88 Å². The highest BCUT2D eigenvalue weighted by Gasteiger charge is 2.28. The van der Waals surface area contributed by atoms with Gasteiger partial charge in [0.15, 0.2) is 0 Å². The van der Waals surface area contributed by atoms with E-state index in [9.17, 15) is 9.59 Å². The normalized spacial score (nSPS) is 18.3. The summed E-state index contributed by atoms with van der Waals surface area (Å²) in [6, 6.07) is 3.37. The number of amides is 2. The minimum Gasteiger partial charge on any atom is -0.384 e. The smallest absolute Gasteiger partial charge is 0.229 e. The molecule has 1 aromatic rings. The number of piperidine rings is 1. The van der Waals surface area contributed by atoms with Crippen LogP contribution in [0.5, 0.6) is 0 Å². The van der Waals surface area contributed by atoms with Gasteiger partial charge in [0, 0.05) is 19.5 Å². The molecule has 1 fully saturated rings. The van der Waals surface area contributed by atoms with Gasteiger partial charge in [-0.1, -0.05) is 6.92 Å². The van der Waals surface area contributed by atoms with Crippen LogP contribution in [0.4, 0.5) is 11.5 Å². The van der Waals surface area contributed by atoms with Gasteiger partial charge in [0.1, 0.15) is 5.82 Å². The number of nitrogens with zero attached hydrogens (tertiary/aromatic N) is 2. The second-order valence-electron chi connectivity index (χ2n) is 5.39. The first-order valence-electron chi connectivity index (χ1n) is 7.40. The molecule has 21 heavy (non-hydrogen) atoms. The number of anilines is 2. The summed E-state index contributed by atoms with van der Waals surface area (Å²) in [5.41, 5.74) is 6.14. The maximum Gasteiger partial charge on any atom is 0.229 e. The van der Waals surface area contributed by atoms with Gasteiger partial charge in [-0.15, -0.1) is 0 Å². The Morgan fingerprint density at radius 2 is 2.29 bits per heavy atom. The van der Waals surface area contributed by atoms with Gasteiger partial charge in [0.25, 0.3) is 0 Å². The van der Waals surface area contributed by atoms with Crippen molar-refractivity contribution in [3.8, 4) is 0 Å². The van der Waals surface area contributed by atoms with E-state index >= 15 is 0 Å². The molecule has 1 aliphatic heterocycles. The summed E-state index contributed by atoms with van der Waals surface area (Å²) in [4.78, 5) is 30.0. The zero-order valence-electron chi connectivity index (χ0n) is 12.3. The quantitative estimate of drug-likeness (QED) is 0.882. The lowest BCUT2D eigenvalue weighted by atomic mass is 9.96. The number of carbonyl (C=O) groups excluding carboxylic acids is 2. The average molecular weight is 290 g/mol. The Kier molecular flexibility index (Phi) is 5.14. The molecular formula is C15H22N4O2. The van der Waals surface area contributed by atoms with E-state index in [0.29, 0.717) is 24.5 Å². The molecule has 0 aromatic carbocycles. The van der Waals surface area contributed by atoms with Crippen molar-refractivity contribution in [3.63, 3.8) is 0 Å². The molecule has 2 heterocycles. The number of nitrogens with one attached hydrogen (secondary N) is 1. The van der Waals surface area contributed by atoms with Gasteiger partial charge in [0.2, 0.25) is 11.8 Å². The fourth-order valence-electron chi connectivity index (χ4n) is 2.51. The van der Waals surface area contributed by atoms with Gasteiger partial charge in [0.05, 0.1) is 17.8 Å². The lowest BCUT2D eigenvalue weighted by Gasteiger charge is -2.32. The molecule has 1 saturated heterocycles. The van der Waals surface area contributed by atoms with Crippen LogP contribution in [0.1, 0.15) is 32.6 Å². The second kappa shape index (κ2) is 7.06. The Morgan fingerprint density at radius 1 is 1.48 bits per heavy atom. The summed E-state index contributed by atoms with van der Waals surface area (Å²) in [7, 11) is 0. The first-order chi connectivity index (χ1) is 10.1. The van der Waals surface area contributed by atoms with Crippen LogP contribution in [-0.4, -0.2) is 34.8 Å². The highest BCUT2D eigenvalue weighted by atomic mass is 16.2. The molecule has 3 N–H and O–H groups in total. The third-order valence-electron chi connectivity index (χ3n) is 3.66. The monoisotopic (exact) mass is 290 g/mol. The topological polar surface area (TPSA) is 88.3 Å². The number of rotatable bonds is 4. The van der Waals surface area contributed by atoms with Gasteiger partial charge < -0.3 is 16.0 Å². The van der Waals surface area contributed by atoms with Crippen molar-refractivity contribution in [2.24, 2.45) is 5.92 Å². The van der Waals surface area contributed by atoms with E-state index in [4.69, 9.17) is 5.73 Å². The van der Waals surface area contributed by atoms with Crippen molar-refractivity contribution in [2.75, 3.05) is 24.1 Å². The highest BCUT2D eigenvalue weighted by Crippen LogP contribution is 2.19. The van der Waals surface area contributed by atoms with Gasteiger partial charge in [-0.3, -0.25) is 9.59 Å². The summed E-state index contributed by atoms with van der Waals surface area (Å²) in [5, 5.41) is 2.84. The summed E-state index contributed by atoms with van der Waals surface area (Å²) in [5.74, 6) is 0.346. The van der Waals surface area contributed by atoms with Crippen LogP contribution >= 0.6 is 0 Å². The molecule has 1 atom stereocenters. The fraction of sp³-hybridized carbons (Fsp3) is 0.533. The maximum absolute atomic E-state index is 12.3. The molecule has 114 valence electrons.